The quantitative estimate of drug-likeness (QED) is 0.0998. The summed E-state index contributed by atoms with van der Waals surface area (Å²) >= 11 is 0. The number of rotatable bonds is 25. The highest BCUT2D eigenvalue weighted by molar-refractivity contribution is 5.73. The third-order valence-corrected chi connectivity index (χ3v) is 5.45. The molecule has 0 aliphatic carbocycles. The Hall–Kier alpha value is -1.54. The summed E-state index contributed by atoms with van der Waals surface area (Å²) in [5.74, 6) is -0.282. The van der Waals surface area contributed by atoms with Crippen molar-refractivity contribution in [2.45, 2.75) is 84.7 Å². The number of carbonyl (C=O) groups excluding carboxylic acids is 2. The van der Waals surface area contributed by atoms with E-state index in [4.69, 9.17) is 46.6 Å². The van der Waals surface area contributed by atoms with Crippen molar-refractivity contribution < 1.29 is 33.3 Å². The topological polar surface area (TPSA) is 196 Å². The van der Waals surface area contributed by atoms with E-state index < -0.39 is 5.60 Å². The Morgan fingerprint density at radius 1 is 0.700 bits per heavy atom. The summed E-state index contributed by atoms with van der Waals surface area (Å²) in [6.45, 7) is 13.8. The summed E-state index contributed by atoms with van der Waals surface area (Å²) in [6.07, 6.45) is 6.98. The van der Waals surface area contributed by atoms with E-state index in [2.05, 4.69) is 12.2 Å². The van der Waals surface area contributed by atoms with Crippen LogP contribution in [0.5, 0.6) is 0 Å². The lowest BCUT2D eigenvalue weighted by Gasteiger charge is -2.33. The third kappa shape index (κ3) is 29.4. The zero-order chi connectivity index (χ0) is 30.5. The van der Waals surface area contributed by atoms with Gasteiger partial charge in [0, 0.05) is 51.2 Å². The maximum absolute atomic E-state index is 11.2. The average Bonchev–Trinajstić information content (AvgIpc) is 2.87. The first-order chi connectivity index (χ1) is 19.1. The molecule has 0 fully saturated rings. The fourth-order valence-electron chi connectivity index (χ4n) is 3.41. The molecule has 0 aromatic rings. The van der Waals surface area contributed by atoms with Gasteiger partial charge in [-0.05, 0) is 46.5 Å². The first-order valence-corrected chi connectivity index (χ1v) is 14.7. The minimum absolute atomic E-state index is 0.282. The van der Waals surface area contributed by atoms with Crippen molar-refractivity contribution in [2.24, 2.45) is 28.3 Å². The smallest absolute Gasteiger partial charge is 0.407 e. The molecule has 0 atom stereocenters. The number of unbranched alkanes of at least 4 members (excludes halogenated alkanes) is 4. The van der Waals surface area contributed by atoms with E-state index in [1.807, 2.05) is 20.8 Å². The van der Waals surface area contributed by atoms with E-state index in [1.54, 1.807) is 0 Å². The molecule has 0 spiro atoms. The normalized spacial score (nSPS) is 11.6. The second-order valence-corrected chi connectivity index (χ2v) is 10.8. The fraction of sp³-hybridized carbons (Fsp3) is 0.929. The van der Waals surface area contributed by atoms with Crippen LogP contribution in [0.3, 0.4) is 0 Å². The van der Waals surface area contributed by atoms with Gasteiger partial charge in [0.15, 0.2) is 0 Å². The van der Waals surface area contributed by atoms with Crippen LogP contribution in [0.4, 0.5) is 4.79 Å². The third-order valence-electron chi connectivity index (χ3n) is 5.45. The zero-order valence-corrected chi connectivity index (χ0v) is 25.8. The van der Waals surface area contributed by atoms with E-state index in [0.717, 1.165) is 25.8 Å². The average molecular weight is 580 g/mol. The summed E-state index contributed by atoms with van der Waals surface area (Å²) in [6, 6.07) is 0. The predicted molar refractivity (Wildman–Crippen MR) is 159 cm³/mol. The monoisotopic (exact) mass is 579 g/mol. The lowest BCUT2D eigenvalue weighted by molar-refractivity contribution is -0.118. The molecule has 12 nitrogen and oxygen atoms in total. The molecule has 40 heavy (non-hydrogen) atoms. The van der Waals surface area contributed by atoms with Gasteiger partial charge in [0.1, 0.15) is 5.60 Å². The Morgan fingerprint density at radius 3 is 1.70 bits per heavy atom. The molecule has 0 aliphatic rings. The van der Waals surface area contributed by atoms with Crippen LogP contribution in [-0.2, 0) is 28.5 Å². The zero-order valence-electron chi connectivity index (χ0n) is 25.8. The molecule has 9 N–H and O–H groups in total. The predicted octanol–water partition coefficient (Wildman–Crippen LogP) is 2.05. The molecule has 0 heterocycles. The molecule has 0 radical (unpaired) electrons. The van der Waals surface area contributed by atoms with Crippen molar-refractivity contribution in [2.75, 3.05) is 79.0 Å². The van der Waals surface area contributed by atoms with Crippen molar-refractivity contribution in [1.29, 1.82) is 0 Å². The Labute approximate surface area is 242 Å². The summed E-state index contributed by atoms with van der Waals surface area (Å²) < 4.78 is 27.8. The van der Waals surface area contributed by atoms with Gasteiger partial charge in [0.2, 0.25) is 5.91 Å². The number of amides is 2. The van der Waals surface area contributed by atoms with Gasteiger partial charge >= 0.3 is 6.09 Å². The van der Waals surface area contributed by atoms with Gasteiger partial charge in [-0.1, -0.05) is 26.2 Å². The summed E-state index contributed by atoms with van der Waals surface area (Å²) in [4.78, 5) is 21.9. The van der Waals surface area contributed by atoms with Crippen LogP contribution in [0, 0.1) is 5.41 Å². The number of nitrogens with two attached hydrogens (primary N) is 4. The summed E-state index contributed by atoms with van der Waals surface area (Å²) in [7, 11) is 0. The highest BCUT2D eigenvalue weighted by Crippen LogP contribution is 2.25. The van der Waals surface area contributed by atoms with Crippen molar-refractivity contribution in [1.82, 2.24) is 5.32 Å². The fourth-order valence-corrected chi connectivity index (χ4v) is 3.41. The van der Waals surface area contributed by atoms with Gasteiger partial charge in [-0.2, -0.15) is 0 Å². The Balaban J connectivity index is 0. The Bertz CT molecular complexity index is 565. The van der Waals surface area contributed by atoms with Crippen molar-refractivity contribution in [3.05, 3.63) is 0 Å². The highest BCUT2D eigenvalue weighted by Gasteiger charge is 2.31. The van der Waals surface area contributed by atoms with Gasteiger partial charge in [0.05, 0.1) is 39.6 Å². The number of nitrogens with one attached hydrogen (secondary N) is 1. The largest absolute Gasteiger partial charge is 0.444 e. The SMILES string of the molecule is CCCCCCNC(=O)OC(C)(C)C.NCCOCC(CCOCCCCC(N)=O)(COCCN)COCCN. The molecular formula is C28H61N5O7. The Morgan fingerprint density at radius 2 is 1.25 bits per heavy atom. The molecule has 0 aliphatic heterocycles. The van der Waals surface area contributed by atoms with Crippen LogP contribution in [0.25, 0.3) is 0 Å². The number of primary amides is 1. The van der Waals surface area contributed by atoms with Gasteiger partial charge in [-0.3, -0.25) is 4.79 Å². The second-order valence-electron chi connectivity index (χ2n) is 10.8. The van der Waals surface area contributed by atoms with E-state index in [9.17, 15) is 9.59 Å². The first kappa shape index (κ1) is 40.6. The lowest BCUT2D eigenvalue weighted by atomic mass is 9.87. The maximum Gasteiger partial charge on any atom is 0.407 e. The molecule has 0 rings (SSSR count). The first-order valence-electron chi connectivity index (χ1n) is 14.7. The molecule has 12 heteroatoms. The van der Waals surface area contributed by atoms with Crippen LogP contribution in [0.2, 0.25) is 0 Å². The van der Waals surface area contributed by atoms with E-state index in [-0.39, 0.29) is 17.4 Å². The standard InChI is InChI=1S/C17H38N4O5.C11H23NO2/c18-5-10-24-13-17(14-25-11-6-19,15-26-12-7-20)4-9-23-8-2-1-3-16(21)22;1-5-6-7-8-9-12-10(13)14-11(2,3)4/h1-15,18-20H2,(H2,21,22);5-9H2,1-4H3,(H,12,13). The number of carbonyl (C=O) groups is 2. The van der Waals surface area contributed by atoms with Crippen LogP contribution in [-0.4, -0.2) is 96.6 Å². The van der Waals surface area contributed by atoms with Gasteiger partial charge in [-0.15, -0.1) is 0 Å². The van der Waals surface area contributed by atoms with E-state index >= 15 is 0 Å². The van der Waals surface area contributed by atoms with Crippen molar-refractivity contribution in [3.8, 4) is 0 Å². The molecule has 0 aromatic carbocycles. The maximum atomic E-state index is 11.2. The number of hydrogen-bond donors (Lipinski definition) is 5. The van der Waals surface area contributed by atoms with E-state index in [1.165, 1.54) is 19.3 Å². The minimum Gasteiger partial charge on any atom is -0.444 e. The molecular weight excluding hydrogens is 518 g/mol. The molecule has 2 amide bonds. The number of hydrogen-bond acceptors (Lipinski definition) is 10. The summed E-state index contributed by atoms with van der Waals surface area (Å²) in [5.41, 5.74) is 20.9. The minimum atomic E-state index is -0.395. The van der Waals surface area contributed by atoms with Crippen molar-refractivity contribution >= 4 is 12.0 Å². The molecule has 0 bridgehead atoms. The van der Waals surface area contributed by atoms with Crippen LogP contribution >= 0.6 is 0 Å². The van der Waals surface area contributed by atoms with Gasteiger partial charge in [-0.25, -0.2) is 4.79 Å². The molecule has 0 unspecified atom stereocenters. The number of alkyl carbamates (subject to hydrolysis) is 1. The number of ether oxygens (including phenoxy) is 5. The van der Waals surface area contributed by atoms with Gasteiger partial charge in [0.25, 0.3) is 0 Å². The highest BCUT2D eigenvalue weighted by atomic mass is 16.6. The summed E-state index contributed by atoms with van der Waals surface area (Å²) in [5, 5.41) is 2.74. The van der Waals surface area contributed by atoms with Gasteiger partial charge < -0.3 is 51.9 Å². The van der Waals surface area contributed by atoms with Crippen LogP contribution in [0.1, 0.15) is 79.1 Å². The van der Waals surface area contributed by atoms with Crippen LogP contribution in [0.15, 0.2) is 0 Å². The molecule has 0 saturated carbocycles. The molecule has 0 aromatic heterocycles. The lowest BCUT2D eigenvalue weighted by Crippen LogP contribution is -2.40. The van der Waals surface area contributed by atoms with E-state index in [0.29, 0.717) is 85.3 Å². The van der Waals surface area contributed by atoms with Crippen molar-refractivity contribution in [3.63, 3.8) is 0 Å². The second kappa shape index (κ2) is 27.6. The molecule has 240 valence electrons. The van der Waals surface area contributed by atoms with Crippen LogP contribution < -0.4 is 28.3 Å². The Kier molecular flexibility index (Phi) is 28.0. The molecule has 0 saturated heterocycles.